The first-order valence-electron chi connectivity index (χ1n) is 7.42. The minimum Gasteiger partial charge on any atom is -0.481 e. The van der Waals surface area contributed by atoms with Crippen molar-refractivity contribution in [1.29, 1.82) is 0 Å². The quantitative estimate of drug-likeness (QED) is 0.869. The number of amides is 1. The molecule has 1 unspecified atom stereocenters. The van der Waals surface area contributed by atoms with Crippen LogP contribution in [0.25, 0.3) is 0 Å². The van der Waals surface area contributed by atoms with Crippen molar-refractivity contribution in [2.75, 3.05) is 18.0 Å². The Balaban J connectivity index is 2.20. The zero-order valence-electron chi connectivity index (χ0n) is 12.3. The van der Waals surface area contributed by atoms with Gasteiger partial charge in [-0.2, -0.15) is 0 Å². The van der Waals surface area contributed by atoms with Crippen LogP contribution in [0, 0.1) is 6.92 Å². The molecule has 1 saturated heterocycles. The largest absolute Gasteiger partial charge is 0.481 e. The first kappa shape index (κ1) is 15.5. The lowest BCUT2D eigenvalue weighted by Gasteiger charge is -2.30. The summed E-state index contributed by atoms with van der Waals surface area (Å²) in [5.41, 5.74) is 1.78. The number of anilines is 1. The molecule has 2 rings (SSSR count). The Morgan fingerprint density at radius 2 is 2.10 bits per heavy atom. The monoisotopic (exact) mass is 290 g/mol. The third-order valence-corrected chi connectivity index (χ3v) is 3.83. The summed E-state index contributed by atoms with van der Waals surface area (Å²) in [6.45, 7) is 2.98. The lowest BCUT2D eigenvalue weighted by molar-refractivity contribution is -0.136. The highest BCUT2D eigenvalue weighted by Crippen LogP contribution is 2.22. The molecule has 1 aromatic carbocycles. The molecular formula is C16H22N2O3. The number of piperidine rings is 1. The highest BCUT2D eigenvalue weighted by molar-refractivity contribution is 5.98. The molecule has 0 aliphatic carbocycles. The van der Waals surface area contributed by atoms with Crippen molar-refractivity contribution in [2.45, 2.75) is 38.6 Å². The fourth-order valence-corrected chi connectivity index (χ4v) is 2.67. The number of para-hydroxylation sites is 1. The van der Waals surface area contributed by atoms with E-state index in [-0.39, 0.29) is 24.9 Å². The van der Waals surface area contributed by atoms with Gasteiger partial charge in [-0.05, 0) is 37.9 Å². The third kappa shape index (κ3) is 4.04. The average Bonchev–Trinajstić information content (AvgIpc) is 2.49. The van der Waals surface area contributed by atoms with Gasteiger partial charge < -0.3 is 15.3 Å². The summed E-state index contributed by atoms with van der Waals surface area (Å²) < 4.78 is 0. The molecule has 1 amide bonds. The fourth-order valence-electron chi connectivity index (χ4n) is 2.67. The molecule has 1 heterocycles. The molecule has 0 bridgehead atoms. The fraction of sp³-hybridized carbons (Fsp3) is 0.500. The van der Waals surface area contributed by atoms with Gasteiger partial charge >= 0.3 is 5.97 Å². The zero-order chi connectivity index (χ0) is 15.2. The summed E-state index contributed by atoms with van der Waals surface area (Å²) in [7, 11) is 0. The van der Waals surface area contributed by atoms with E-state index in [4.69, 9.17) is 5.11 Å². The van der Waals surface area contributed by atoms with Gasteiger partial charge in [-0.25, -0.2) is 0 Å². The molecular weight excluding hydrogens is 268 g/mol. The number of hydrogen-bond acceptors (Lipinski definition) is 3. The number of rotatable bonds is 5. The van der Waals surface area contributed by atoms with Crippen molar-refractivity contribution in [1.82, 2.24) is 5.32 Å². The number of carboxylic acids is 1. The lowest BCUT2D eigenvalue weighted by Crippen LogP contribution is -2.49. The topological polar surface area (TPSA) is 69.6 Å². The molecule has 1 aromatic rings. The molecule has 5 heteroatoms. The molecule has 0 saturated carbocycles. The molecule has 114 valence electrons. The van der Waals surface area contributed by atoms with Crippen LogP contribution in [0.3, 0.4) is 0 Å². The van der Waals surface area contributed by atoms with Crippen LogP contribution >= 0.6 is 0 Å². The van der Waals surface area contributed by atoms with Gasteiger partial charge in [0.05, 0.1) is 12.5 Å². The summed E-state index contributed by atoms with van der Waals surface area (Å²) in [6, 6.07) is 7.39. The minimum atomic E-state index is -0.891. The van der Waals surface area contributed by atoms with E-state index in [0.717, 1.165) is 37.1 Å². The number of nitrogens with zero attached hydrogens (tertiary/aromatic N) is 1. The Morgan fingerprint density at radius 3 is 2.71 bits per heavy atom. The van der Waals surface area contributed by atoms with Crippen LogP contribution in [-0.4, -0.2) is 36.1 Å². The number of carbonyl (C=O) groups excluding carboxylic acids is 1. The van der Waals surface area contributed by atoms with Gasteiger partial charge in [0.1, 0.15) is 0 Å². The highest BCUT2D eigenvalue weighted by Gasteiger charge is 2.27. The first-order valence-corrected chi connectivity index (χ1v) is 7.42. The smallest absolute Gasteiger partial charge is 0.305 e. The molecule has 1 aliphatic rings. The molecule has 1 atom stereocenters. The van der Waals surface area contributed by atoms with Crippen LogP contribution in [0.2, 0.25) is 0 Å². The van der Waals surface area contributed by atoms with Gasteiger partial charge in [0.15, 0.2) is 0 Å². The number of benzene rings is 1. The van der Waals surface area contributed by atoms with Gasteiger partial charge in [-0.1, -0.05) is 24.6 Å². The van der Waals surface area contributed by atoms with Crippen molar-refractivity contribution >= 4 is 17.6 Å². The summed E-state index contributed by atoms with van der Waals surface area (Å²) in [6.07, 6.45) is 2.88. The number of carbonyl (C=O) groups is 2. The summed E-state index contributed by atoms with van der Waals surface area (Å²) in [4.78, 5) is 25.2. The van der Waals surface area contributed by atoms with Crippen molar-refractivity contribution < 1.29 is 14.7 Å². The second-order valence-electron chi connectivity index (χ2n) is 5.42. The van der Waals surface area contributed by atoms with Crippen molar-refractivity contribution in [3.63, 3.8) is 0 Å². The standard InChI is InChI=1S/C16H22N2O3/c1-12-6-2-3-8-14(12)18(11-9-15(19)20)16(21)13-7-4-5-10-17-13/h2-3,6,8,13,17H,4-5,7,9-11H2,1H3,(H,19,20). The minimum absolute atomic E-state index is 0.0229. The molecule has 21 heavy (non-hydrogen) atoms. The van der Waals surface area contributed by atoms with E-state index in [0.29, 0.717) is 0 Å². The van der Waals surface area contributed by atoms with Gasteiger partial charge in [0.25, 0.3) is 0 Å². The van der Waals surface area contributed by atoms with Crippen LogP contribution in [0.15, 0.2) is 24.3 Å². The average molecular weight is 290 g/mol. The van der Waals surface area contributed by atoms with Gasteiger partial charge in [-0.15, -0.1) is 0 Å². The SMILES string of the molecule is Cc1ccccc1N(CCC(=O)O)C(=O)C1CCCCN1. The van der Waals surface area contributed by atoms with Crippen LogP contribution in [0.5, 0.6) is 0 Å². The number of carboxylic acid groups (broad SMARTS) is 1. The van der Waals surface area contributed by atoms with E-state index in [1.54, 1.807) is 4.90 Å². The zero-order valence-corrected chi connectivity index (χ0v) is 12.3. The van der Waals surface area contributed by atoms with E-state index < -0.39 is 5.97 Å². The molecule has 0 aromatic heterocycles. The van der Waals surface area contributed by atoms with Crippen LogP contribution in [0.1, 0.15) is 31.2 Å². The molecule has 5 nitrogen and oxygen atoms in total. The molecule has 2 N–H and O–H groups in total. The molecule has 0 spiro atoms. The predicted molar refractivity (Wildman–Crippen MR) is 81.4 cm³/mol. The van der Waals surface area contributed by atoms with Crippen LogP contribution in [-0.2, 0) is 9.59 Å². The summed E-state index contributed by atoms with van der Waals surface area (Å²) in [5.74, 6) is -0.914. The third-order valence-electron chi connectivity index (χ3n) is 3.83. The van der Waals surface area contributed by atoms with Crippen LogP contribution < -0.4 is 10.2 Å². The second kappa shape index (κ2) is 7.22. The van der Waals surface area contributed by atoms with Gasteiger partial charge in [0, 0.05) is 12.2 Å². The highest BCUT2D eigenvalue weighted by atomic mass is 16.4. The normalized spacial score (nSPS) is 18.2. The summed E-state index contributed by atoms with van der Waals surface area (Å²) >= 11 is 0. The van der Waals surface area contributed by atoms with Gasteiger partial charge in [0.2, 0.25) is 5.91 Å². The Hall–Kier alpha value is -1.88. The number of aliphatic carboxylic acids is 1. The molecule has 1 aliphatic heterocycles. The van der Waals surface area contributed by atoms with E-state index in [2.05, 4.69) is 5.32 Å². The Kier molecular flexibility index (Phi) is 5.33. The first-order chi connectivity index (χ1) is 10.1. The number of nitrogens with one attached hydrogen (secondary N) is 1. The van der Waals surface area contributed by atoms with Crippen molar-refractivity contribution in [2.24, 2.45) is 0 Å². The van der Waals surface area contributed by atoms with E-state index >= 15 is 0 Å². The maximum atomic E-state index is 12.7. The van der Waals surface area contributed by atoms with E-state index in [9.17, 15) is 9.59 Å². The van der Waals surface area contributed by atoms with E-state index in [1.807, 2.05) is 31.2 Å². The maximum absolute atomic E-state index is 12.7. The van der Waals surface area contributed by atoms with Gasteiger partial charge in [-0.3, -0.25) is 9.59 Å². The van der Waals surface area contributed by atoms with Crippen molar-refractivity contribution in [3.05, 3.63) is 29.8 Å². The molecule has 1 fully saturated rings. The maximum Gasteiger partial charge on any atom is 0.305 e. The lowest BCUT2D eigenvalue weighted by atomic mass is 10.0. The Labute approximate surface area is 125 Å². The van der Waals surface area contributed by atoms with Crippen LogP contribution in [0.4, 0.5) is 5.69 Å². The van der Waals surface area contributed by atoms with E-state index in [1.165, 1.54) is 0 Å². The number of hydrogen-bond donors (Lipinski definition) is 2. The number of aryl methyl sites for hydroxylation is 1. The summed E-state index contributed by atoms with van der Waals surface area (Å²) in [5, 5.41) is 12.2. The Morgan fingerprint density at radius 1 is 1.33 bits per heavy atom. The molecule has 0 radical (unpaired) electrons. The predicted octanol–water partition coefficient (Wildman–Crippen LogP) is 1.94. The Bertz CT molecular complexity index is 510. The van der Waals surface area contributed by atoms with Crippen molar-refractivity contribution in [3.8, 4) is 0 Å². The second-order valence-corrected chi connectivity index (χ2v) is 5.42.